The molecule has 0 aliphatic rings. The summed E-state index contributed by atoms with van der Waals surface area (Å²) in [6.07, 6.45) is 4.74. The molecule has 0 fully saturated rings. The molecular weight excluding hydrogens is 341 g/mol. The summed E-state index contributed by atoms with van der Waals surface area (Å²) in [5.74, 6) is -0.273. The van der Waals surface area contributed by atoms with Gasteiger partial charge >= 0.3 is 0 Å². The lowest BCUT2D eigenvalue weighted by Crippen LogP contribution is -2.17. The van der Waals surface area contributed by atoms with Crippen molar-refractivity contribution in [1.29, 1.82) is 0 Å². The standard InChI is InChI=1S/C13H10IN3O/c14-12-6-2-1-4-10(12)9-16-17-13(18)11-5-3-7-15-8-11/h1-9H,(H,17,18)/b16-9+. The van der Waals surface area contributed by atoms with Crippen LogP contribution >= 0.6 is 22.6 Å². The minimum atomic E-state index is -0.273. The summed E-state index contributed by atoms with van der Waals surface area (Å²) in [7, 11) is 0. The average Bonchev–Trinajstić information content (AvgIpc) is 2.42. The van der Waals surface area contributed by atoms with Gasteiger partial charge in [-0.25, -0.2) is 5.43 Å². The summed E-state index contributed by atoms with van der Waals surface area (Å²) in [4.78, 5) is 15.5. The third-order valence-corrected chi connectivity index (χ3v) is 3.18. The van der Waals surface area contributed by atoms with Crippen molar-refractivity contribution < 1.29 is 4.79 Å². The zero-order chi connectivity index (χ0) is 12.8. The van der Waals surface area contributed by atoms with Gasteiger partial charge < -0.3 is 0 Å². The summed E-state index contributed by atoms with van der Waals surface area (Å²) in [6.45, 7) is 0. The Labute approximate surface area is 118 Å². The highest BCUT2D eigenvalue weighted by molar-refractivity contribution is 14.1. The van der Waals surface area contributed by atoms with Crippen LogP contribution in [0.5, 0.6) is 0 Å². The van der Waals surface area contributed by atoms with Crippen molar-refractivity contribution in [2.75, 3.05) is 0 Å². The Morgan fingerprint density at radius 3 is 2.83 bits per heavy atom. The van der Waals surface area contributed by atoms with E-state index in [0.29, 0.717) is 5.56 Å². The fourth-order valence-electron chi connectivity index (χ4n) is 1.30. The van der Waals surface area contributed by atoms with E-state index in [4.69, 9.17) is 0 Å². The molecule has 0 aliphatic carbocycles. The highest BCUT2D eigenvalue weighted by atomic mass is 127. The first-order chi connectivity index (χ1) is 8.77. The van der Waals surface area contributed by atoms with Crippen molar-refractivity contribution in [3.63, 3.8) is 0 Å². The van der Waals surface area contributed by atoms with Gasteiger partial charge in [-0.15, -0.1) is 0 Å². The SMILES string of the molecule is O=C(N/N=C/c1ccccc1I)c1cccnc1. The van der Waals surface area contributed by atoms with Gasteiger partial charge in [0.25, 0.3) is 5.91 Å². The van der Waals surface area contributed by atoms with Crippen LogP contribution in [0.4, 0.5) is 0 Å². The molecule has 1 N–H and O–H groups in total. The van der Waals surface area contributed by atoms with E-state index in [-0.39, 0.29) is 5.91 Å². The molecule has 0 radical (unpaired) electrons. The fraction of sp³-hybridized carbons (Fsp3) is 0. The molecule has 1 aromatic heterocycles. The van der Waals surface area contributed by atoms with Crippen molar-refractivity contribution in [3.05, 3.63) is 63.5 Å². The topological polar surface area (TPSA) is 54.4 Å². The first-order valence-corrected chi connectivity index (χ1v) is 6.33. The second-order valence-corrected chi connectivity index (χ2v) is 4.62. The van der Waals surface area contributed by atoms with E-state index in [1.54, 1.807) is 24.5 Å². The highest BCUT2D eigenvalue weighted by Crippen LogP contribution is 2.08. The number of rotatable bonds is 3. The number of halogens is 1. The number of hydrogen-bond acceptors (Lipinski definition) is 3. The van der Waals surface area contributed by atoms with Crippen molar-refractivity contribution in [2.45, 2.75) is 0 Å². The minimum absolute atomic E-state index is 0.273. The second-order valence-electron chi connectivity index (χ2n) is 3.46. The van der Waals surface area contributed by atoms with Gasteiger partial charge in [-0.05, 0) is 40.8 Å². The quantitative estimate of drug-likeness (QED) is 0.525. The molecule has 0 saturated heterocycles. The largest absolute Gasteiger partial charge is 0.272 e. The third-order valence-electron chi connectivity index (χ3n) is 2.20. The van der Waals surface area contributed by atoms with Gasteiger partial charge in [-0.2, -0.15) is 5.10 Å². The summed E-state index contributed by atoms with van der Waals surface area (Å²) in [6, 6.07) is 11.2. The number of carbonyl (C=O) groups excluding carboxylic acids is 1. The maximum Gasteiger partial charge on any atom is 0.272 e. The fourth-order valence-corrected chi connectivity index (χ4v) is 1.83. The first-order valence-electron chi connectivity index (χ1n) is 5.25. The normalized spacial score (nSPS) is 10.5. The molecule has 0 aliphatic heterocycles. The summed E-state index contributed by atoms with van der Waals surface area (Å²) < 4.78 is 1.08. The molecule has 2 rings (SSSR count). The molecule has 0 spiro atoms. The van der Waals surface area contributed by atoms with Crippen LogP contribution < -0.4 is 5.43 Å². The van der Waals surface area contributed by atoms with Crippen LogP contribution in [-0.2, 0) is 0 Å². The van der Waals surface area contributed by atoms with E-state index in [9.17, 15) is 4.79 Å². The van der Waals surface area contributed by atoms with Gasteiger partial charge in [0, 0.05) is 21.5 Å². The molecule has 1 amide bonds. The first kappa shape index (κ1) is 12.7. The molecule has 2 aromatic rings. The predicted octanol–water partition coefficient (Wildman–Crippen LogP) is 2.45. The molecule has 4 nitrogen and oxygen atoms in total. The number of nitrogens with zero attached hydrogens (tertiary/aromatic N) is 2. The number of nitrogens with one attached hydrogen (secondary N) is 1. The molecule has 18 heavy (non-hydrogen) atoms. The minimum Gasteiger partial charge on any atom is -0.267 e. The second kappa shape index (κ2) is 6.25. The maximum atomic E-state index is 11.7. The zero-order valence-electron chi connectivity index (χ0n) is 9.38. The Kier molecular flexibility index (Phi) is 4.40. The van der Waals surface area contributed by atoms with E-state index in [0.717, 1.165) is 9.13 Å². The van der Waals surface area contributed by atoms with Gasteiger partial charge in [-0.1, -0.05) is 18.2 Å². The number of hydrogen-bond donors (Lipinski definition) is 1. The number of carbonyl (C=O) groups is 1. The lowest BCUT2D eigenvalue weighted by molar-refractivity contribution is 0.0955. The monoisotopic (exact) mass is 351 g/mol. The van der Waals surface area contributed by atoms with E-state index in [1.807, 2.05) is 24.3 Å². The van der Waals surface area contributed by atoms with Crippen molar-refractivity contribution in [3.8, 4) is 0 Å². The number of amides is 1. The Morgan fingerprint density at radius 1 is 1.28 bits per heavy atom. The average molecular weight is 351 g/mol. The zero-order valence-corrected chi connectivity index (χ0v) is 11.5. The number of benzene rings is 1. The Balaban J connectivity index is 2.00. The number of aromatic nitrogens is 1. The van der Waals surface area contributed by atoms with E-state index in [2.05, 4.69) is 38.1 Å². The lowest BCUT2D eigenvalue weighted by atomic mass is 10.2. The van der Waals surface area contributed by atoms with Crippen LogP contribution in [0.2, 0.25) is 0 Å². The van der Waals surface area contributed by atoms with E-state index in [1.165, 1.54) is 6.20 Å². The molecule has 0 saturated carbocycles. The Bertz CT molecular complexity index is 569. The molecule has 1 aromatic carbocycles. The van der Waals surface area contributed by atoms with Gasteiger partial charge in [0.15, 0.2) is 0 Å². The molecule has 1 heterocycles. The Hall–Kier alpha value is -1.76. The summed E-state index contributed by atoms with van der Waals surface area (Å²) in [5, 5.41) is 3.92. The van der Waals surface area contributed by atoms with E-state index < -0.39 is 0 Å². The Morgan fingerprint density at radius 2 is 2.11 bits per heavy atom. The lowest BCUT2D eigenvalue weighted by Gasteiger charge is -1.99. The van der Waals surface area contributed by atoms with Crippen LogP contribution in [0.25, 0.3) is 0 Å². The molecule has 0 atom stereocenters. The van der Waals surface area contributed by atoms with Gasteiger partial charge in [-0.3, -0.25) is 9.78 Å². The van der Waals surface area contributed by atoms with Gasteiger partial charge in [0.05, 0.1) is 11.8 Å². The third kappa shape index (κ3) is 3.36. The van der Waals surface area contributed by atoms with Crippen LogP contribution in [0.15, 0.2) is 53.9 Å². The van der Waals surface area contributed by atoms with Crippen LogP contribution in [0.1, 0.15) is 15.9 Å². The molecule has 5 heteroatoms. The molecule has 0 bridgehead atoms. The van der Waals surface area contributed by atoms with E-state index >= 15 is 0 Å². The molecule has 90 valence electrons. The smallest absolute Gasteiger partial charge is 0.267 e. The van der Waals surface area contributed by atoms with Gasteiger partial charge in [0.2, 0.25) is 0 Å². The highest BCUT2D eigenvalue weighted by Gasteiger charge is 2.02. The van der Waals surface area contributed by atoms with Crippen LogP contribution in [0, 0.1) is 3.57 Å². The maximum absolute atomic E-state index is 11.7. The number of pyridine rings is 1. The number of hydrazone groups is 1. The van der Waals surface area contributed by atoms with Gasteiger partial charge in [0.1, 0.15) is 0 Å². The predicted molar refractivity (Wildman–Crippen MR) is 78.5 cm³/mol. The summed E-state index contributed by atoms with van der Waals surface area (Å²) >= 11 is 2.22. The summed E-state index contributed by atoms with van der Waals surface area (Å²) in [5.41, 5.74) is 3.91. The molecule has 0 unspecified atom stereocenters. The molecular formula is C13H10IN3O. The van der Waals surface area contributed by atoms with Crippen molar-refractivity contribution >= 4 is 34.7 Å². The van der Waals surface area contributed by atoms with Crippen LogP contribution in [0.3, 0.4) is 0 Å². The van der Waals surface area contributed by atoms with Crippen molar-refractivity contribution in [1.82, 2.24) is 10.4 Å². The van der Waals surface area contributed by atoms with Crippen LogP contribution in [-0.4, -0.2) is 17.1 Å². The van der Waals surface area contributed by atoms with Crippen molar-refractivity contribution in [2.24, 2.45) is 5.10 Å².